The summed E-state index contributed by atoms with van der Waals surface area (Å²) in [7, 11) is 0. The number of carbonyl (C=O) groups is 1. The van der Waals surface area contributed by atoms with Gasteiger partial charge in [0.2, 0.25) is 0 Å². The van der Waals surface area contributed by atoms with E-state index in [9.17, 15) is 9.18 Å². The average molecular weight is 180 g/mol. The minimum Gasteiger partial charge on any atom is -0.303 e. The van der Waals surface area contributed by atoms with Gasteiger partial charge in [0.15, 0.2) is 0 Å². The fourth-order valence-electron chi connectivity index (χ4n) is 1.21. The SMILES string of the molecule is Cc1ccc(CC(C)C=O)c(F)c1. The molecular weight excluding hydrogens is 167 g/mol. The molecule has 1 rings (SSSR count). The van der Waals surface area contributed by atoms with Crippen LogP contribution in [0.3, 0.4) is 0 Å². The van der Waals surface area contributed by atoms with Crippen molar-refractivity contribution in [3.63, 3.8) is 0 Å². The lowest BCUT2D eigenvalue weighted by atomic mass is 10.0. The molecule has 1 atom stereocenters. The van der Waals surface area contributed by atoms with Gasteiger partial charge >= 0.3 is 0 Å². The van der Waals surface area contributed by atoms with E-state index in [4.69, 9.17) is 0 Å². The van der Waals surface area contributed by atoms with Crippen LogP contribution in [0.15, 0.2) is 18.2 Å². The maximum atomic E-state index is 13.2. The van der Waals surface area contributed by atoms with Crippen LogP contribution in [0.5, 0.6) is 0 Å². The highest BCUT2D eigenvalue weighted by atomic mass is 19.1. The highest BCUT2D eigenvalue weighted by Crippen LogP contribution is 2.13. The first kappa shape index (κ1) is 9.90. The number of benzene rings is 1. The molecule has 0 spiro atoms. The largest absolute Gasteiger partial charge is 0.303 e. The molecule has 0 radical (unpaired) electrons. The minimum atomic E-state index is -0.214. The molecule has 13 heavy (non-hydrogen) atoms. The normalized spacial score (nSPS) is 12.5. The summed E-state index contributed by atoms with van der Waals surface area (Å²) in [5.41, 5.74) is 1.52. The van der Waals surface area contributed by atoms with E-state index in [0.717, 1.165) is 11.8 Å². The second kappa shape index (κ2) is 4.17. The Bertz CT molecular complexity index is 307. The van der Waals surface area contributed by atoms with Crippen molar-refractivity contribution >= 4 is 6.29 Å². The predicted molar refractivity (Wildman–Crippen MR) is 50.1 cm³/mol. The smallest absolute Gasteiger partial charge is 0.126 e. The molecule has 0 saturated heterocycles. The van der Waals surface area contributed by atoms with E-state index in [1.807, 2.05) is 13.0 Å². The van der Waals surface area contributed by atoms with Crippen LogP contribution in [-0.4, -0.2) is 6.29 Å². The van der Waals surface area contributed by atoms with Crippen LogP contribution in [0.2, 0.25) is 0 Å². The lowest BCUT2D eigenvalue weighted by molar-refractivity contribution is -0.110. The van der Waals surface area contributed by atoms with Crippen LogP contribution in [0, 0.1) is 18.7 Å². The topological polar surface area (TPSA) is 17.1 Å². The van der Waals surface area contributed by atoms with Gasteiger partial charge in [0.1, 0.15) is 12.1 Å². The fraction of sp³-hybridized carbons (Fsp3) is 0.364. The zero-order valence-electron chi connectivity index (χ0n) is 7.88. The van der Waals surface area contributed by atoms with E-state index in [1.54, 1.807) is 13.0 Å². The van der Waals surface area contributed by atoms with Gasteiger partial charge in [-0.2, -0.15) is 0 Å². The van der Waals surface area contributed by atoms with Crippen molar-refractivity contribution in [1.82, 2.24) is 0 Å². The molecule has 0 bridgehead atoms. The van der Waals surface area contributed by atoms with E-state index in [-0.39, 0.29) is 11.7 Å². The molecule has 1 aromatic rings. The third-order valence-electron chi connectivity index (χ3n) is 1.98. The number of rotatable bonds is 3. The zero-order chi connectivity index (χ0) is 9.84. The third-order valence-corrected chi connectivity index (χ3v) is 1.98. The molecule has 1 nitrogen and oxygen atoms in total. The second-order valence-electron chi connectivity index (χ2n) is 3.41. The zero-order valence-corrected chi connectivity index (χ0v) is 7.88. The highest BCUT2D eigenvalue weighted by Gasteiger charge is 2.06. The van der Waals surface area contributed by atoms with E-state index in [1.165, 1.54) is 6.07 Å². The summed E-state index contributed by atoms with van der Waals surface area (Å²) in [6.07, 6.45) is 1.33. The van der Waals surface area contributed by atoms with E-state index in [0.29, 0.717) is 12.0 Å². The average Bonchev–Trinajstić information content (AvgIpc) is 2.09. The lowest BCUT2D eigenvalue weighted by Crippen LogP contribution is -2.02. The molecule has 0 aromatic heterocycles. The van der Waals surface area contributed by atoms with Crippen molar-refractivity contribution in [1.29, 1.82) is 0 Å². The first-order valence-electron chi connectivity index (χ1n) is 4.34. The van der Waals surface area contributed by atoms with E-state index in [2.05, 4.69) is 0 Å². The molecular formula is C11H13FO. The molecule has 0 aliphatic carbocycles. The van der Waals surface area contributed by atoms with Gasteiger partial charge in [0.05, 0.1) is 0 Å². The van der Waals surface area contributed by atoms with Crippen molar-refractivity contribution < 1.29 is 9.18 Å². The van der Waals surface area contributed by atoms with Crippen LogP contribution >= 0.6 is 0 Å². The minimum absolute atomic E-state index is 0.114. The summed E-state index contributed by atoms with van der Waals surface area (Å²) < 4.78 is 13.2. The molecule has 0 amide bonds. The Morgan fingerprint density at radius 2 is 2.23 bits per heavy atom. The molecule has 2 heteroatoms. The number of hydrogen-bond acceptors (Lipinski definition) is 1. The number of halogens is 1. The number of carbonyl (C=O) groups excluding carboxylic acids is 1. The van der Waals surface area contributed by atoms with Crippen molar-refractivity contribution in [3.05, 3.63) is 35.1 Å². The van der Waals surface area contributed by atoms with Gasteiger partial charge in [-0.3, -0.25) is 0 Å². The molecule has 0 N–H and O–H groups in total. The van der Waals surface area contributed by atoms with Crippen LogP contribution in [0.25, 0.3) is 0 Å². The maximum absolute atomic E-state index is 13.2. The Labute approximate surface area is 77.6 Å². The molecule has 0 aliphatic heterocycles. The predicted octanol–water partition coefficient (Wildman–Crippen LogP) is 2.51. The molecule has 1 unspecified atom stereocenters. The first-order valence-corrected chi connectivity index (χ1v) is 4.34. The lowest BCUT2D eigenvalue weighted by Gasteiger charge is -2.05. The van der Waals surface area contributed by atoms with Crippen LogP contribution < -0.4 is 0 Å². The van der Waals surface area contributed by atoms with Gasteiger partial charge in [-0.05, 0) is 30.5 Å². The van der Waals surface area contributed by atoms with Gasteiger partial charge in [-0.1, -0.05) is 19.1 Å². The summed E-state index contributed by atoms with van der Waals surface area (Å²) >= 11 is 0. The van der Waals surface area contributed by atoms with Gasteiger partial charge in [0, 0.05) is 5.92 Å². The van der Waals surface area contributed by atoms with Crippen LogP contribution in [0.4, 0.5) is 4.39 Å². The van der Waals surface area contributed by atoms with Gasteiger partial charge < -0.3 is 4.79 Å². The summed E-state index contributed by atoms with van der Waals surface area (Å²) in [6, 6.07) is 5.09. The number of hydrogen-bond donors (Lipinski definition) is 0. The summed E-state index contributed by atoms with van der Waals surface area (Å²) in [6.45, 7) is 3.63. The van der Waals surface area contributed by atoms with E-state index < -0.39 is 0 Å². The molecule has 0 saturated carbocycles. The Morgan fingerprint density at radius 1 is 1.54 bits per heavy atom. The second-order valence-corrected chi connectivity index (χ2v) is 3.41. The first-order chi connectivity index (χ1) is 6.13. The van der Waals surface area contributed by atoms with Crippen molar-refractivity contribution in [2.75, 3.05) is 0 Å². The standard InChI is InChI=1S/C11H13FO/c1-8-3-4-10(11(12)6-8)5-9(2)7-13/h3-4,6-7,9H,5H2,1-2H3. The summed E-state index contributed by atoms with van der Waals surface area (Å²) in [4.78, 5) is 10.4. The van der Waals surface area contributed by atoms with Crippen LogP contribution in [0.1, 0.15) is 18.1 Å². The Morgan fingerprint density at radius 3 is 2.77 bits per heavy atom. The Balaban J connectivity index is 2.83. The molecule has 70 valence electrons. The summed E-state index contributed by atoms with van der Waals surface area (Å²) in [5.74, 6) is -0.328. The van der Waals surface area contributed by atoms with Gasteiger partial charge in [-0.25, -0.2) is 4.39 Å². The Kier molecular flexibility index (Phi) is 3.18. The number of aldehydes is 1. The monoisotopic (exact) mass is 180 g/mol. The molecule has 0 heterocycles. The summed E-state index contributed by atoms with van der Waals surface area (Å²) in [5, 5.41) is 0. The number of aryl methyl sites for hydroxylation is 1. The Hall–Kier alpha value is -1.18. The van der Waals surface area contributed by atoms with Gasteiger partial charge in [0.25, 0.3) is 0 Å². The molecule has 0 aliphatic rings. The molecule has 1 aromatic carbocycles. The van der Waals surface area contributed by atoms with Crippen LogP contribution in [-0.2, 0) is 11.2 Å². The highest BCUT2D eigenvalue weighted by molar-refractivity contribution is 5.53. The van der Waals surface area contributed by atoms with Crippen molar-refractivity contribution in [2.45, 2.75) is 20.3 Å². The van der Waals surface area contributed by atoms with Gasteiger partial charge in [-0.15, -0.1) is 0 Å². The molecule has 0 fully saturated rings. The fourth-order valence-corrected chi connectivity index (χ4v) is 1.21. The quantitative estimate of drug-likeness (QED) is 0.653. The van der Waals surface area contributed by atoms with E-state index >= 15 is 0 Å². The maximum Gasteiger partial charge on any atom is 0.126 e. The van der Waals surface area contributed by atoms with Crippen molar-refractivity contribution in [2.24, 2.45) is 5.92 Å². The third kappa shape index (κ3) is 2.65. The van der Waals surface area contributed by atoms with Crippen molar-refractivity contribution in [3.8, 4) is 0 Å².